The monoisotopic (exact) mass is 310 g/mol. The molecule has 0 bridgehead atoms. The zero-order chi connectivity index (χ0) is 15.1. The molecule has 0 saturated heterocycles. The molecule has 6 heteroatoms. The van der Waals surface area contributed by atoms with Crippen molar-refractivity contribution in [3.05, 3.63) is 64.9 Å². The first-order chi connectivity index (χ1) is 10.7. The molecule has 4 rings (SSSR count). The second kappa shape index (κ2) is 4.96. The summed E-state index contributed by atoms with van der Waals surface area (Å²) in [4.78, 5) is 20.9. The average molecular weight is 311 g/mol. The molecule has 1 aromatic carbocycles. The van der Waals surface area contributed by atoms with Gasteiger partial charge in [0.05, 0.1) is 11.1 Å². The van der Waals surface area contributed by atoms with Crippen molar-refractivity contribution in [2.75, 3.05) is 5.32 Å². The Bertz CT molecular complexity index is 896. The van der Waals surface area contributed by atoms with E-state index in [1.165, 1.54) is 0 Å². The Labute approximate surface area is 131 Å². The van der Waals surface area contributed by atoms with Crippen LogP contribution in [0.25, 0.3) is 10.9 Å². The van der Waals surface area contributed by atoms with E-state index in [0.717, 1.165) is 16.5 Å². The maximum atomic E-state index is 12.2. The molecule has 0 saturated carbocycles. The van der Waals surface area contributed by atoms with Gasteiger partial charge in [-0.15, -0.1) is 0 Å². The Morgan fingerprint density at radius 3 is 2.77 bits per heavy atom. The highest BCUT2D eigenvalue weighted by molar-refractivity contribution is 6.31. The lowest BCUT2D eigenvalue weighted by Crippen LogP contribution is -2.39. The molecule has 1 atom stereocenters. The summed E-state index contributed by atoms with van der Waals surface area (Å²) in [5.41, 5.74) is 2.13. The molecule has 2 aromatic heterocycles. The molecule has 1 aliphatic rings. The van der Waals surface area contributed by atoms with E-state index in [-0.39, 0.29) is 5.91 Å². The lowest BCUT2D eigenvalue weighted by Gasteiger charge is -2.27. The van der Waals surface area contributed by atoms with Gasteiger partial charge in [0.25, 0.3) is 5.91 Å². The molecule has 108 valence electrons. The summed E-state index contributed by atoms with van der Waals surface area (Å²) in [5.74, 6) is 0.385. The van der Waals surface area contributed by atoms with E-state index in [0.29, 0.717) is 16.4 Å². The maximum Gasteiger partial charge on any atom is 0.256 e. The SMILES string of the molecule is O=C1NC(c2cc(Cl)cc3cccnc23)Nc2ncccc21. The van der Waals surface area contributed by atoms with Gasteiger partial charge in [-0.05, 0) is 30.3 Å². The van der Waals surface area contributed by atoms with Crippen LogP contribution in [0.2, 0.25) is 5.02 Å². The number of anilines is 1. The molecule has 0 aliphatic carbocycles. The number of rotatable bonds is 1. The summed E-state index contributed by atoms with van der Waals surface area (Å²) in [6.45, 7) is 0. The second-order valence-corrected chi connectivity index (χ2v) is 5.46. The van der Waals surface area contributed by atoms with Crippen LogP contribution in [0.1, 0.15) is 22.1 Å². The Kier molecular flexibility index (Phi) is 2.94. The molecule has 0 spiro atoms. The third-order valence-corrected chi connectivity index (χ3v) is 3.84. The first-order valence-corrected chi connectivity index (χ1v) is 7.17. The molecule has 0 radical (unpaired) electrons. The van der Waals surface area contributed by atoms with Gasteiger partial charge in [0.2, 0.25) is 0 Å². The van der Waals surface area contributed by atoms with E-state index in [1.54, 1.807) is 24.5 Å². The van der Waals surface area contributed by atoms with Gasteiger partial charge in [0.1, 0.15) is 12.0 Å². The van der Waals surface area contributed by atoms with E-state index in [9.17, 15) is 4.79 Å². The fourth-order valence-corrected chi connectivity index (χ4v) is 2.88. The van der Waals surface area contributed by atoms with Gasteiger partial charge in [0.15, 0.2) is 0 Å². The summed E-state index contributed by atoms with van der Waals surface area (Å²) >= 11 is 6.20. The van der Waals surface area contributed by atoms with Gasteiger partial charge in [-0.3, -0.25) is 9.78 Å². The Balaban J connectivity index is 1.85. The topological polar surface area (TPSA) is 66.9 Å². The zero-order valence-corrected chi connectivity index (χ0v) is 12.1. The van der Waals surface area contributed by atoms with Gasteiger partial charge >= 0.3 is 0 Å². The third-order valence-electron chi connectivity index (χ3n) is 3.62. The van der Waals surface area contributed by atoms with Crippen molar-refractivity contribution >= 4 is 34.2 Å². The van der Waals surface area contributed by atoms with E-state index in [4.69, 9.17) is 11.6 Å². The molecule has 2 N–H and O–H groups in total. The number of amides is 1. The molecule has 22 heavy (non-hydrogen) atoms. The number of hydrogen-bond acceptors (Lipinski definition) is 4. The molecule has 1 aliphatic heterocycles. The largest absolute Gasteiger partial charge is 0.346 e. The number of carbonyl (C=O) groups is 1. The highest BCUT2D eigenvalue weighted by atomic mass is 35.5. The smallest absolute Gasteiger partial charge is 0.256 e. The Hall–Kier alpha value is -2.66. The van der Waals surface area contributed by atoms with Crippen LogP contribution in [-0.4, -0.2) is 15.9 Å². The zero-order valence-electron chi connectivity index (χ0n) is 11.4. The molecule has 0 fully saturated rings. The van der Waals surface area contributed by atoms with Crippen LogP contribution < -0.4 is 10.6 Å². The van der Waals surface area contributed by atoms with Crippen LogP contribution in [0.5, 0.6) is 0 Å². The first-order valence-electron chi connectivity index (χ1n) is 6.79. The van der Waals surface area contributed by atoms with Crippen molar-refractivity contribution in [3.8, 4) is 0 Å². The van der Waals surface area contributed by atoms with Crippen LogP contribution in [0.15, 0.2) is 48.8 Å². The molecular weight excluding hydrogens is 300 g/mol. The van der Waals surface area contributed by atoms with Crippen LogP contribution in [0, 0.1) is 0 Å². The number of aromatic nitrogens is 2. The molecule has 3 heterocycles. The number of fused-ring (bicyclic) bond motifs is 2. The third kappa shape index (κ3) is 2.07. The minimum absolute atomic E-state index is 0.170. The Morgan fingerprint density at radius 1 is 1.05 bits per heavy atom. The number of hydrogen-bond donors (Lipinski definition) is 2. The van der Waals surface area contributed by atoms with Gasteiger partial charge in [-0.1, -0.05) is 17.7 Å². The minimum atomic E-state index is -0.425. The van der Waals surface area contributed by atoms with Crippen molar-refractivity contribution in [1.29, 1.82) is 0 Å². The lowest BCUT2D eigenvalue weighted by atomic mass is 10.0. The van der Waals surface area contributed by atoms with Crippen LogP contribution >= 0.6 is 11.6 Å². The number of nitrogens with one attached hydrogen (secondary N) is 2. The molecule has 1 amide bonds. The summed E-state index contributed by atoms with van der Waals surface area (Å²) in [5, 5.41) is 7.66. The number of halogens is 1. The van der Waals surface area contributed by atoms with Gasteiger partial charge in [-0.25, -0.2) is 4.98 Å². The van der Waals surface area contributed by atoms with Crippen molar-refractivity contribution in [1.82, 2.24) is 15.3 Å². The standard InChI is InChI=1S/C16H11ClN4O/c17-10-7-9-3-1-5-18-13(9)12(8-10)15-20-14-11(16(22)21-15)4-2-6-19-14/h1-8,15H,(H,19,20)(H,21,22). The molecule has 5 nitrogen and oxygen atoms in total. The van der Waals surface area contributed by atoms with Gasteiger partial charge in [-0.2, -0.15) is 0 Å². The number of nitrogens with zero attached hydrogens (tertiary/aromatic N) is 2. The van der Waals surface area contributed by atoms with Crippen molar-refractivity contribution in [2.45, 2.75) is 6.17 Å². The fourth-order valence-electron chi connectivity index (χ4n) is 2.64. The summed E-state index contributed by atoms with van der Waals surface area (Å²) in [7, 11) is 0. The summed E-state index contributed by atoms with van der Waals surface area (Å²) in [6.07, 6.45) is 2.94. The predicted octanol–water partition coefficient (Wildman–Crippen LogP) is 3.14. The van der Waals surface area contributed by atoms with Crippen molar-refractivity contribution < 1.29 is 4.79 Å². The fraction of sp³-hybridized carbons (Fsp3) is 0.0625. The van der Waals surface area contributed by atoms with E-state index >= 15 is 0 Å². The molecular formula is C16H11ClN4O. The number of benzene rings is 1. The average Bonchev–Trinajstić information content (AvgIpc) is 2.54. The van der Waals surface area contributed by atoms with E-state index in [2.05, 4.69) is 20.6 Å². The second-order valence-electron chi connectivity index (χ2n) is 5.02. The highest BCUT2D eigenvalue weighted by Gasteiger charge is 2.26. The summed E-state index contributed by atoms with van der Waals surface area (Å²) < 4.78 is 0. The highest BCUT2D eigenvalue weighted by Crippen LogP contribution is 2.30. The molecule has 1 unspecified atom stereocenters. The number of pyridine rings is 2. The molecule has 3 aromatic rings. The van der Waals surface area contributed by atoms with E-state index in [1.807, 2.05) is 24.3 Å². The summed E-state index contributed by atoms with van der Waals surface area (Å²) in [6, 6.07) is 10.9. The van der Waals surface area contributed by atoms with Crippen LogP contribution in [-0.2, 0) is 0 Å². The predicted molar refractivity (Wildman–Crippen MR) is 84.8 cm³/mol. The number of carbonyl (C=O) groups excluding carboxylic acids is 1. The lowest BCUT2D eigenvalue weighted by molar-refractivity contribution is 0.0935. The van der Waals surface area contributed by atoms with Crippen molar-refractivity contribution in [2.24, 2.45) is 0 Å². The van der Waals surface area contributed by atoms with Crippen LogP contribution in [0.3, 0.4) is 0 Å². The normalized spacial score (nSPS) is 16.8. The maximum absolute atomic E-state index is 12.2. The Morgan fingerprint density at radius 2 is 1.86 bits per heavy atom. The minimum Gasteiger partial charge on any atom is -0.346 e. The van der Waals surface area contributed by atoms with Crippen LogP contribution in [0.4, 0.5) is 5.82 Å². The quantitative estimate of drug-likeness (QED) is 0.724. The van der Waals surface area contributed by atoms with E-state index < -0.39 is 6.17 Å². The van der Waals surface area contributed by atoms with Gasteiger partial charge < -0.3 is 10.6 Å². The van der Waals surface area contributed by atoms with Crippen molar-refractivity contribution in [3.63, 3.8) is 0 Å². The first kappa shape index (κ1) is 13.0. The van der Waals surface area contributed by atoms with Gasteiger partial charge in [0, 0.05) is 28.4 Å².